The zero-order valence-corrected chi connectivity index (χ0v) is 16.2. The molecule has 6 nitrogen and oxygen atoms in total. The number of nitrogens with one attached hydrogen (secondary N) is 1. The van der Waals surface area contributed by atoms with E-state index in [1.54, 1.807) is 26.4 Å². The lowest BCUT2D eigenvalue weighted by Crippen LogP contribution is -2.44. The molecule has 0 saturated heterocycles. The van der Waals surface area contributed by atoms with Crippen LogP contribution in [0.25, 0.3) is 0 Å². The number of rotatable bonds is 10. The molecule has 6 heteroatoms. The molecule has 146 valence electrons. The number of amides is 1. The van der Waals surface area contributed by atoms with Gasteiger partial charge in [0, 0.05) is 0 Å². The maximum absolute atomic E-state index is 12.5. The van der Waals surface area contributed by atoms with E-state index in [0.29, 0.717) is 30.3 Å². The third kappa shape index (κ3) is 6.09. The fourth-order valence-electron chi connectivity index (χ4n) is 2.46. The minimum absolute atomic E-state index is 0.171. The van der Waals surface area contributed by atoms with Gasteiger partial charge in [0.25, 0.3) is 5.91 Å². The van der Waals surface area contributed by atoms with Crippen molar-refractivity contribution in [1.29, 1.82) is 0 Å². The summed E-state index contributed by atoms with van der Waals surface area (Å²) >= 11 is 0. The summed E-state index contributed by atoms with van der Waals surface area (Å²) in [6.07, 6.45) is -0.0691. The van der Waals surface area contributed by atoms with Gasteiger partial charge in [0.15, 0.2) is 17.6 Å². The zero-order chi connectivity index (χ0) is 19.6. The van der Waals surface area contributed by atoms with Crippen molar-refractivity contribution in [2.75, 3.05) is 20.8 Å². The van der Waals surface area contributed by atoms with Crippen LogP contribution in [0, 0.1) is 0 Å². The highest BCUT2D eigenvalue weighted by Gasteiger charge is 2.21. The number of carbonyl (C=O) groups excluding carboxylic acids is 1. The summed E-state index contributed by atoms with van der Waals surface area (Å²) in [6.45, 7) is 4.14. The lowest BCUT2D eigenvalue weighted by molar-refractivity contribution is -0.129. The molecular weight excluding hydrogens is 346 g/mol. The molecule has 0 fully saturated rings. The molecule has 27 heavy (non-hydrogen) atoms. The highest BCUT2D eigenvalue weighted by molar-refractivity contribution is 5.81. The molecule has 0 aromatic heterocycles. The molecule has 0 aliphatic rings. The molecule has 2 unspecified atom stereocenters. The molecular formula is C21H27NO5. The van der Waals surface area contributed by atoms with Crippen LogP contribution in [0.15, 0.2) is 48.5 Å². The summed E-state index contributed by atoms with van der Waals surface area (Å²) in [6, 6.07) is 14.4. The first kappa shape index (κ1) is 20.4. The molecule has 2 rings (SSSR count). The van der Waals surface area contributed by atoms with E-state index < -0.39 is 6.10 Å². The fraction of sp³-hybridized carbons (Fsp3) is 0.381. The van der Waals surface area contributed by atoms with Gasteiger partial charge in [0.2, 0.25) is 0 Å². The smallest absolute Gasteiger partial charge is 0.261 e. The Kier molecular flexibility index (Phi) is 7.79. The maximum atomic E-state index is 12.5. The highest BCUT2D eigenvalue weighted by atomic mass is 16.5. The number of ether oxygens (including phenoxy) is 4. The van der Waals surface area contributed by atoms with Crippen LogP contribution < -0.4 is 24.3 Å². The Labute approximate surface area is 160 Å². The Morgan fingerprint density at radius 1 is 0.963 bits per heavy atom. The lowest BCUT2D eigenvalue weighted by atomic mass is 10.2. The Morgan fingerprint density at radius 2 is 1.59 bits per heavy atom. The molecule has 0 spiro atoms. The van der Waals surface area contributed by atoms with Crippen molar-refractivity contribution >= 4 is 5.91 Å². The molecule has 0 aliphatic heterocycles. The molecule has 2 atom stereocenters. The van der Waals surface area contributed by atoms with E-state index in [9.17, 15) is 4.79 Å². The van der Waals surface area contributed by atoms with Gasteiger partial charge in [-0.3, -0.25) is 4.79 Å². The van der Waals surface area contributed by atoms with Gasteiger partial charge >= 0.3 is 0 Å². The van der Waals surface area contributed by atoms with E-state index in [1.165, 1.54) is 0 Å². The minimum Gasteiger partial charge on any atom is -0.497 e. The van der Waals surface area contributed by atoms with E-state index in [1.807, 2.05) is 50.2 Å². The fourth-order valence-corrected chi connectivity index (χ4v) is 2.46. The summed E-state index contributed by atoms with van der Waals surface area (Å²) in [4.78, 5) is 12.5. The SMILES string of the molecule is CCC(Oc1ccccc1OC)C(=O)NC(C)COc1ccc(OC)cc1. The van der Waals surface area contributed by atoms with Crippen molar-refractivity contribution in [2.45, 2.75) is 32.4 Å². The number of methoxy groups -OCH3 is 2. The topological polar surface area (TPSA) is 66.0 Å². The Hall–Kier alpha value is -2.89. The second-order valence-corrected chi connectivity index (χ2v) is 6.06. The Morgan fingerprint density at radius 3 is 2.19 bits per heavy atom. The van der Waals surface area contributed by atoms with Gasteiger partial charge in [-0.2, -0.15) is 0 Å². The summed E-state index contributed by atoms with van der Waals surface area (Å²) < 4.78 is 21.9. The second-order valence-electron chi connectivity index (χ2n) is 6.06. The predicted octanol–water partition coefficient (Wildman–Crippen LogP) is 3.44. The molecule has 0 heterocycles. The molecule has 0 radical (unpaired) electrons. The van der Waals surface area contributed by atoms with Gasteiger partial charge in [-0.05, 0) is 49.7 Å². The predicted molar refractivity (Wildman–Crippen MR) is 104 cm³/mol. The van der Waals surface area contributed by atoms with Crippen LogP contribution in [0.5, 0.6) is 23.0 Å². The average Bonchev–Trinajstić information content (AvgIpc) is 2.70. The minimum atomic E-state index is -0.607. The molecule has 0 saturated carbocycles. The van der Waals surface area contributed by atoms with Gasteiger partial charge in [-0.25, -0.2) is 0 Å². The highest BCUT2D eigenvalue weighted by Crippen LogP contribution is 2.27. The standard InChI is InChI=1S/C21H27NO5/c1-5-18(27-20-9-7-6-8-19(20)25-4)21(23)22-15(2)14-26-17-12-10-16(24-3)11-13-17/h6-13,15,18H,5,14H2,1-4H3,(H,22,23). The van der Waals surface area contributed by atoms with Crippen LogP contribution in [0.4, 0.5) is 0 Å². The van der Waals surface area contributed by atoms with Crippen molar-refractivity contribution in [2.24, 2.45) is 0 Å². The second kappa shape index (κ2) is 10.3. The molecule has 2 aromatic rings. The third-order valence-corrected chi connectivity index (χ3v) is 3.95. The largest absolute Gasteiger partial charge is 0.497 e. The van der Waals surface area contributed by atoms with E-state index >= 15 is 0 Å². The van der Waals surface area contributed by atoms with Crippen LogP contribution in [0.1, 0.15) is 20.3 Å². The van der Waals surface area contributed by atoms with Crippen molar-refractivity contribution in [1.82, 2.24) is 5.32 Å². The van der Waals surface area contributed by atoms with Crippen LogP contribution in [0.3, 0.4) is 0 Å². The monoisotopic (exact) mass is 373 g/mol. The van der Waals surface area contributed by atoms with E-state index in [4.69, 9.17) is 18.9 Å². The molecule has 1 amide bonds. The van der Waals surface area contributed by atoms with Crippen LogP contribution >= 0.6 is 0 Å². The van der Waals surface area contributed by atoms with E-state index in [0.717, 1.165) is 5.75 Å². The first-order chi connectivity index (χ1) is 13.1. The third-order valence-electron chi connectivity index (χ3n) is 3.95. The number of para-hydroxylation sites is 2. The van der Waals surface area contributed by atoms with Gasteiger partial charge in [-0.1, -0.05) is 19.1 Å². The zero-order valence-electron chi connectivity index (χ0n) is 16.2. The normalized spacial score (nSPS) is 12.6. The quantitative estimate of drug-likeness (QED) is 0.691. The lowest BCUT2D eigenvalue weighted by Gasteiger charge is -2.21. The number of hydrogen-bond donors (Lipinski definition) is 1. The molecule has 0 bridgehead atoms. The van der Waals surface area contributed by atoms with Gasteiger partial charge < -0.3 is 24.3 Å². The van der Waals surface area contributed by atoms with Crippen molar-refractivity contribution in [3.05, 3.63) is 48.5 Å². The molecule has 1 N–H and O–H groups in total. The van der Waals surface area contributed by atoms with Crippen LogP contribution in [-0.4, -0.2) is 38.9 Å². The molecule has 2 aromatic carbocycles. The van der Waals surface area contributed by atoms with E-state index in [2.05, 4.69) is 5.32 Å². The van der Waals surface area contributed by atoms with Crippen molar-refractivity contribution in [3.63, 3.8) is 0 Å². The maximum Gasteiger partial charge on any atom is 0.261 e. The summed E-state index contributed by atoms with van der Waals surface area (Å²) in [7, 11) is 3.19. The summed E-state index contributed by atoms with van der Waals surface area (Å²) in [5.74, 6) is 2.44. The van der Waals surface area contributed by atoms with Gasteiger partial charge in [-0.15, -0.1) is 0 Å². The molecule has 0 aliphatic carbocycles. The van der Waals surface area contributed by atoms with Crippen LogP contribution in [-0.2, 0) is 4.79 Å². The first-order valence-corrected chi connectivity index (χ1v) is 8.94. The Balaban J connectivity index is 1.87. The summed E-state index contributed by atoms with van der Waals surface area (Å²) in [5.41, 5.74) is 0. The van der Waals surface area contributed by atoms with Gasteiger partial charge in [0.05, 0.1) is 20.3 Å². The number of benzene rings is 2. The Bertz CT molecular complexity index is 717. The van der Waals surface area contributed by atoms with Crippen molar-refractivity contribution < 1.29 is 23.7 Å². The number of carbonyl (C=O) groups is 1. The van der Waals surface area contributed by atoms with Crippen LogP contribution in [0.2, 0.25) is 0 Å². The first-order valence-electron chi connectivity index (χ1n) is 8.94. The summed E-state index contributed by atoms with van der Waals surface area (Å²) in [5, 5.41) is 2.93. The van der Waals surface area contributed by atoms with Gasteiger partial charge in [0.1, 0.15) is 18.1 Å². The average molecular weight is 373 g/mol. The van der Waals surface area contributed by atoms with E-state index in [-0.39, 0.29) is 11.9 Å². The number of hydrogen-bond acceptors (Lipinski definition) is 5. The van der Waals surface area contributed by atoms with Crippen molar-refractivity contribution in [3.8, 4) is 23.0 Å².